The standard InChI is InChI=1S/C18H14ClFN2O/c1-22(18(23)16-6-5-14(19)9-17(16)20)11-13-4-2-3-12-10-21-8-7-15(12)13/h2-10H,11H2,1H3. The van der Waals surface area contributed by atoms with Crippen LogP contribution in [0, 0.1) is 5.82 Å². The molecule has 3 aromatic rings. The molecule has 0 fully saturated rings. The predicted molar refractivity (Wildman–Crippen MR) is 89.0 cm³/mol. The number of rotatable bonds is 3. The van der Waals surface area contributed by atoms with Gasteiger partial charge >= 0.3 is 0 Å². The average Bonchev–Trinajstić information content (AvgIpc) is 2.54. The molecule has 2 aromatic carbocycles. The Hall–Kier alpha value is -2.46. The first-order valence-electron chi connectivity index (χ1n) is 7.08. The van der Waals surface area contributed by atoms with Crippen LogP contribution >= 0.6 is 11.6 Å². The van der Waals surface area contributed by atoms with Crippen molar-refractivity contribution in [3.63, 3.8) is 0 Å². The summed E-state index contributed by atoms with van der Waals surface area (Å²) in [6.07, 6.45) is 3.49. The third kappa shape index (κ3) is 3.17. The van der Waals surface area contributed by atoms with Gasteiger partial charge < -0.3 is 4.90 Å². The largest absolute Gasteiger partial charge is 0.337 e. The Labute approximate surface area is 138 Å². The van der Waals surface area contributed by atoms with E-state index in [1.807, 2.05) is 24.3 Å². The number of fused-ring (bicyclic) bond motifs is 1. The molecule has 0 aliphatic heterocycles. The first kappa shape index (κ1) is 15.4. The Kier molecular flexibility index (Phi) is 4.26. The van der Waals surface area contributed by atoms with Crippen LogP contribution in [0.4, 0.5) is 4.39 Å². The van der Waals surface area contributed by atoms with E-state index in [9.17, 15) is 9.18 Å². The van der Waals surface area contributed by atoms with Crippen LogP contribution in [0.1, 0.15) is 15.9 Å². The fraction of sp³-hybridized carbons (Fsp3) is 0.111. The van der Waals surface area contributed by atoms with Crippen molar-refractivity contribution in [2.45, 2.75) is 6.54 Å². The summed E-state index contributed by atoms with van der Waals surface area (Å²) in [6.45, 7) is 0.377. The number of hydrogen-bond donors (Lipinski definition) is 0. The lowest BCUT2D eigenvalue weighted by molar-refractivity contribution is 0.0781. The topological polar surface area (TPSA) is 33.2 Å². The summed E-state index contributed by atoms with van der Waals surface area (Å²) in [4.78, 5) is 18.0. The molecule has 116 valence electrons. The maximum Gasteiger partial charge on any atom is 0.256 e. The number of halogens is 2. The van der Waals surface area contributed by atoms with Gasteiger partial charge in [0.1, 0.15) is 5.82 Å². The molecule has 0 aliphatic carbocycles. The fourth-order valence-corrected chi connectivity index (χ4v) is 2.68. The molecule has 0 aliphatic rings. The van der Waals surface area contributed by atoms with Crippen LogP contribution in [0.5, 0.6) is 0 Å². The van der Waals surface area contributed by atoms with E-state index < -0.39 is 5.82 Å². The van der Waals surface area contributed by atoms with Gasteiger partial charge in [-0.25, -0.2) is 4.39 Å². The minimum atomic E-state index is -0.614. The SMILES string of the molecule is CN(Cc1cccc2cnccc12)C(=O)c1ccc(Cl)cc1F. The highest BCUT2D eigenvalue weighted by atomic mass is 35.5. The van der Waals surface area contributed by atoms with E-state index in [4.69, 9.17) is 11.6 Å². The van der Waals surface area contributed by atoms with E-state index >= 15 is 0 Å². The molecule has 3 rings (SSSR count). The van der Waals surface area contributed by atoms with E-state index in [1.54, 1.807) is 19.4 Å². The molecule has 0 radical (unpaired) electrons. The van der Waals surface area contributed by atoms with Gasteiger partial charge in [-0.2, -0.15) is 0 Å². The minimum absolute atomic E-state index is 0.0128. The molecular formula is C18H14ClFN2O. The van der Waals surface area contributed by atoms with Crippen molar-refractivity contribution in [1.29, 1.82) is 0 Å². The summed E-state index contributed by atoms with van der Waals surface area (Å²) in [7, 11) is 1.65. The van der Waals surface area contributed by atoms with Gasteiger partial charge in [0, 0.05) is 36.4 Å². The molecule has 0 saturated carbocycles. The van der Waals surface area contributed by atoms with Gasteiger partial charge in [-0.3, -0.25) is 9.78 Å². The summed E-state index contributed by atoms with van der Waals surface area (Å²) in [6, 6.07) is 11.8. The van der Waals surface area contributed by atoms with Gasteiger partial charge in [-0.1, -0.05) is 29.8 Å². The number of hydrogen-bond acceptors (Lipinski definition) is 2. The predicted octanol–water partition coefficient (Wildman–Crippen LogP) is 4.30. The third-order valence-electron chi connectivity index (χ3n) is 3.69. The van der Waals surface area contributed by atoms with Crippen molar-refractivity contribution in [2.75, 3.05) is 7.05 Å². The van der Waals surface area contributed by atoms with Gasteiger partial charge in [-0.15, -0.1) is 0 Å². The van der Waals surface area contributed by atoms with Crippen LogP contribution in [0.3, 0.4) is 0 Å². The summed E-state index contributed by atoms with van der Waals surface area (Å²) >= 11 is 5.73. The maximum atomic E-state index is 13.9. The highest BCUT2D eigenvalue weighted by molar-refractivity contribution is 6.30. The van der Waals surface area contributed by atoms with Gasteiger partial charge in [0.05, 0.1) is 5.56 Å². The Bertz CT molecular complexity index is 877. The van der Waals surface area contributed by atoms with Crippen LogP contribution < -0.4 is 0 Å². The Morgan fingerprint density at radius 1 is 1.26 bits per heavy atom. The highest BCUT2D eigenvalue weighted by Gasteiger charge is 2.17. The second-order valence-electron chi connectivity index (χ2n) is 5.30. The Morgan fingerprint density at radius 3 is 2.87 bits per heavy atom. The smallest absolute Gasteiger partial charge is 0.256 e. The second kappa shape index (κ2) is 6.34. The van der Waals surface area contributed by atoms with Crippen molar-refractivity contribution in [2.24, 2.45) is 0 Å². The lowest BCUT2D eigenvalue weighted by atomic mass is 10.1. The van der Waals surface area contributed by atoms with E-state index in [1.165, 1.54) is 17.0 Å². The molecular weight excluding hydrogens is 315 g/mol. The molecule has 5 heteroatoms. The molecule has 1 heterocycles. The summed E-state index contributed by atoms with van der Waals surface area (Å²) in [5, 5.41) is 2.30. The molecule has 0 atom stereocenters. The number of nitrogens with zero attached hydrogens (tertiary/aromatic N) is 2. The van der Waals surface area contributed by atoms with Crippen molar-refractivity contribution in [3.8, 4) is 0 Å². The molecule has 0 unspecified atom stereocenters. The van der Waals surface area contributed by atoms with Crippen molar-refractivity contribution in [3.05, 3.63) is 76.8 Å². The van der Waals surface area contributed by atoms with E-state index in [-0.39, 0.29) is 16.5 Å². The lowest BCUT2D eigenvalue weighted by Gasteiger charge is -2.19. The summed E-state index contributed by atoms with van der Waals surface area (Å²) in [5.74, 6) is -0.998. The second-order valence-corrected chi connectivity index (χ2v) is 5.74. The quantitative estimate of drug-likeness (QED) is 0.718. The first-order valence-corrected chi connectivity index (χ1v) is 7.46. The van der Waals surface area contributed by atoms with Crippen molar-refractivity contribution in [1.82, 2.24) is 9.88 Å². The molecule has 1 amide bonds. The van der Waals surface area contributed by atoms with Gasteiger partial charge in [0.15, 0.2) is 0 Å². The molecule has 0 saturated heterocycles. The minimum Gasteiger partial charge on any atom is -0.337 e. The maximum absolute atomic E-state index is 13.9. The average molecular weight is 329 g/mol. The van der Waals surface area contributed by atoms with Crippen molar-refractivity contribution < 1.29 is 9.18 Å². The van der Waals surface area contributed by atoms with Gasteiger partial charge in [0.2, 0.25) is 0 Å². The van der Waals surface area contributed by atoms with Crippen LogP contribution in [0.25, 0.3) is 10.8 Å². The summed E-state index contributed by atoms with van der Waals surface area (Å²) in [5.41, 5.74) is 0.994. The molecule has 1 aromatic heterocycles. The number of benzene rings is 2. The number of carbonyl (C=O) groups excluding carboxylic acids is 1. The first-order chi connectivity index (χ1) is 11.1. The highest BCUT2D eigenvalue weighted by Crippen LogP contribution is 2.21. The number of carbonyl (C=O) groups is 1. The monoisotopic (exact) mass is 328 g/mol. The third-order valence-corrected chi connectivity index (χ3v) is 3.92. The van der Waals surface area contributed by atoms with Crippen LogP contribution in [-0.4, -0.2) is 22.8 Å². The van der Waals surface area contributed by atoms with Crippen molar-refractivity contribution >= 4 is 28.3 Å². The number of amides is 1. The zero-order valence-electron chi connectivity index (χ0n) is 12.5. The van der Waals surface area contributed by atoms with Gasteiger partial charge in [0.25, 0.3) is 5.91 Å². The van der Waals surface area contributed by atoms with Gasteiger partial charge in [-0.05, 0) is 35.2 Å². The fourth-order valence-electron chi connectivity index (χ4n) is 2.52. The van der Waals surface area contributed by atoms with Crippen LogP contribution in [0.15, 0.2) is 54.9 Å². The molecule has 0 spiro atoms. The van der Waals surface area contributed by atoms with E-state index in [0.717, 1.165) is 22.4 Å². The zero-order valence-corrected chi connectivity index (χ0v) is 13.2. The number of pyridine rings is 1. The normalized spacial score (nSPS) is 10.7. The molecule has 23 heavy (non-hydrogen) atoms. The van der Waals surface area contributed by atoms with Crippen LogP contribution in [-0.2, 0) is 6.54 Å². The Balaban J connectivity index is 1.88. The Morgan fingerprint density at radius 2 is 2.09 bits per heavy atom. The van der Waals surface area contributed by atoms with E-state index in [0.29, 0.717) is 6.54 Å². The molecule has 3 nitrogen and oxygen atoms in total. The molecule has 0 bridgehead atoms. The summed E-state index contributed by atoms with van der Waals surface area (Å²) < 4.78 is 13.9. The molecule has 0 N–H and O–H groups in total. The zero-order chi connectivity index (χ0) is 16.4. The lowest BCUT2D eigenvalue weighted by Crippen LogP contribution is -2.27. The number of aromatic nitrogens is 1. The van der Waals surface area contributed by atoms with Crippen LogP contribution in [0.2, 0.25) is 5.02 Å². The van der Waals surface area contributed by atoms with E-state index in [2.05, 4.69) is 4.98 Å².